The van der Waals surface area contributed by atoms with Crippen molar-refractivity contribution < 1.29 is 28.9 Å². The SMILES string of the molecule is Cc1nc2cccc(OCC(C)(C)NC(=O)c3ccc4c(c3)OCCO4)c2c(N)c1C(=O)O. The zero-order valence-corrected chi connectivity index (χ0v) is 18.6. The second-order valence-electron chi connectivity index (χ2n) is 8.43. The summed E-state index contributed by atoms with van der Waals surface area (Å²) in [6.07, 6.45) is 0. The summed E-state index contributed by atoms with van der Waals surface area (Å²) in [5.41, 5.74) is 6.77. The molecule has 33 heavy (non-hydrogen) atoms. The number of rotatable bonds is 6. The largest absolute Gasteiger partial charge is 0.490 e. The molecule has 4 N–H and O–H groups in total. The number of nitrogens with two attached hydrogens (primary N) is 1. The van der Waals surface area contributed by atoms with Crippen LogP contribution in [0.25, 0.3) is 10.9 Å². The molecule has 1 aromatic heterocycles. The van der Waals surface area contributed by atoms with Gasteiger partial charge in [-0.15, -0.1) is 0 Å². The molecule has 0 saturated carbocycles. The van der Waals surface area contributed by atoms with E-state index in [4.69, 9.17) is 19.9 Å². The number of aryl methyl sites for hydroxylation is 1. The third-order valence-electron chi connectivity index (χ3n) is 5.25. The highest BCUT2D eigenvalue weighted by Gasteiger charge is 2.25. The van der Waals surface area contributed by atoms with E-state index in [1.165, 1.54) is 0 Å². The van der Waals surface area contributed by atoms with Crippen LogP contribution in [0.15, 0.2) is 36.4 Å². The lowest BCUT2D eigenvalue weighted by Gasteiger charge is -2.27. The van der Waals surface area contributed by atoms with E-state index in [1.807, 2.05) is 13.8 Å². The molecule has 0 atom stereocenters. The number of carbonyl (C=O) groups is 2. The Morgan fingerprint density at radius 2 is 1.91 bits per heavy atom. The predicted octanol–water partition coefficient (Wildman–Crippen LogP) is 3.18. The van der Waals surface area contributed by atoms with E-state index in [0.717, 1.165) is 0 Å². The van der Waals surface area contributed by atoms with Crippen molar-refractivity contribution in [2.75, 3.05) is 25.6 Å². The predicted molar refractivity (Wildman–Crippen MR) is 122 cm³/mol. The first-order chi connectivity index (χ1) is 15.7. The molecular formula is C24H25N3O6. The molecule has 9 nitrogen and oxygen atoms in total. The Labute approximate surface area is 190 Å². The first kappa shape index (κ1) is 22.2. The number of ether oxygens (including phenoxy) is 3. The summed E-state index contributed by atoms with van der Waals surface area (Å²) in [6.45, 7) is 6.26. The summed E-state index contributed by atoms with van der Waals surface area (Å²) in [6, 6.07) is 10.2. The van der Waals surface area contributed by atoms with Gasteiger partial charge >= 0.3 is 5.97 Å². The van der Waals surface area contributed by atoms with Crippen molar-refractivity contribution >= 4 is 28.5 Å². The average Bonchev–Trinajstić information content (AvgIpc) is 2.76. The fourth-order valence-corrected chi connectivity index (χ4v) is 3.69. The number of carbonyl (C=O) groups excluding carboxylic acids is 1. The van der Waals surface area contributed by atoms with E-state index in [-0.39, 0.29) is 23.8 Å². The molecule has 0 aliphatic carbocycles. The van der Waals surface area contributed by atoms with Crippen molar-refractivity contribution in [3.63, 3.8) is 0 Å². The van der Waals surface area contributed by atoms with Crippen LogP contribution in [0.1, 0.15) is 40.3 Å². The highest BCUT2D eigenvalue weighted by molar-refractivity contribution is 6.06. The van der Waals surface area contributed by atoms with Crippen LogP contribution in [0.2, 0.25) is 0 Å². The third kappa shape index (κ3) is 4.48. The summed E-state index contributed by atoms with van der Waals surface area (Å²) >= 11 is 0. The zero-order chi connectivity index (χ0) is 23.8. The Bertz CT molecular complexity index is 1250. The van der Waals surface area contributed by atoms with Gasteiger partial charge in [0.15, 0.2) is 11.5 Å². The number of carboxylic acid groups (broad SMARTS) is 1. The minimum absolute atomic E-state index is 0.0512. The summed E-state index contributed by atoms with van der Waals surface area (Å²) in [7, 11) is 0. The number of anilines is 1. The van der Waals surface area contributed by atoms with Crippen LogP contribution in [0.3, 0.4) is 0 Å². The Hall–Kier alpha value is -4.01. The van der Waals surface area contributed by atoms with Crippen molar-refractivity contribution in [2.45, 2.75) is 26.3 Å². The number of benzene rings is 2. The molecule has 0 fully saturated rings. The lowest BCUT2D eigenvalue weighted by atomic mass is 10.0. The van der Waals surface area contributed by atoms with Gasteiger partial charge in [0, 0.05) is 5.56 Å². The lowest BCUT2D eigenvalue weighted by molar-refractivity contribution is 0.0696. The maximum absolute atomic E-state index is 12.8. The van der Waals surface area contributed by atoms with Crippen molar-refractivity contribution in [1.82, 2.24) is 10.3 Å². The number of hydrogen-bond donors (Lipinski definition) is 3. The van der Waals surface area contributed by atoms with E-state index in [2.05, 4.69) is 10.3 Å². The van der Waals surface area contributed by atoms with Crippen molar-refractivity contribution in [1.29, 1.82) is 0 Å². The molecule has 172 valence electrons. The number of nitrogen functional groups attached to an aromatic ring is 1. The standard InChI is InChI=1S/C24H25N3O6/c1-13-19(23(29)30)21(25)20-15(26-13)5-4-6-17(20)33-12-24(2,3)27-22(28)14-7-8-16-18(11-14)32-10-9-31-16/h4-8,11H,9-10,12H2,1-3H3,(H2,25,26)(H,27,28)(H,29,30). The molecule has 1 amide bonds. The van der Waals surface area contributed by atoms with Crippen LogP contribution < -0.4 is 25.3 Å². The van der Waals surface area contributed by atoms with Crippen molar-refractivity contribution in [3.8, 4) is 17.2 Å². The summed E-state index contributed by atoms with van der Waals surface area (Å²) in [4.78, 5) is 28.8. The topological polar surface area (TPSA) is 133 Å². The van der Waals surface area contributed by atoms with Gasteiger partial charge in [0.2, 0.25) is 0 Å². The minimum atomic E-state index is -1.15. The van der Waals surface area contributed by atoms with Gasteiger partial charge in [-0.3, -0.25) is 9.78 Å². The van der Waals surface area contributed by atoms with Crippen LogP contribution in [0.5, 0.6) is 17.2 Å². The Kier molecular flexibility index (Phi) is 5.71. The van der Waals surface area contributed by atoms with Crippen molar-refractivity contribution in [2.24, 2.45) is 0 Å². The fourth-order valence-electron chi connectivity index (χ4n) is 3.69. The molecule has 3 aromatic rings. The van der Waals surface area contributed by atoms with Crippen LogP contribution in [0.4, 0.5) is 5.69 Å². The number of carboxylic acids is 1. The number of nitrogens with zero attached hydrogens (tertiary/aromatic N) is 1. The molecule has 4 rings (SSSR count). The molecule has 1 aliphatic rings. The first-order valence-corrected chi connectivity index (χ1v) is 10.4. The summed E-state index contributed by atoms with van der Waals surface area (Å²) in [5.74, 6) is 0.0936. The van der Waals surface area contributed by atoms with Gasteiger partial charge in [-0.1, -0.05) is 6.07 Å². The monoisotopic (exact) mass is 451 g/mol. The molecular weight excluding hydrogens is 426 g/mol. The van der Waals surface area contributed by atoms with E-state index < -0.39 is 11.5 Å². The van der Waals surface area contributed by atoms with Gasteiger partial charge in [-0.25, -0.2) is 4.79 Å². The van der Waals surface area contributed by atoms with E-state index in [1.54, 1.807) is 43.3 Å². The van der Waals surface area contributed by atoms with E-state index in [0.29, 0.717) is 52.6 Å². The van der Waals surface area contributed by atoms with Crippen molar-refractivity contribution in [3.05, 3.63) is 53.2 Å². The second kappa shape index (κ2) is 8.50. The second-order valence-corrected chi connectivity index (χ2v) is 8.43. The number of amides is 1. The van der Waals surface area contributed by atoms with Crippen LogP contribution in [-0.4, -0.2) is 47.3 Å². The minimum Gasteiger partial charge on any atom is -0.490 e. The smallest absolute Gasteiger partial charge is 0.339 e. The third-order valence-corrected chi connectivity index (χ3v) is 5.25. The van der Waals surface area contributed by atoms with Crippen LogP contribution >= 0.6 is 0 Å². The Balaban J connectivity index is 1.53. The first-order valence-electron chi connectivity index (χ1n) is 10.4. The fraction of sp³-hybridized carbons (Fsp3) is 0.292. The molecule has 9 heteroatoms. The average molecular weight is 451 g/mol. The number of aromatic nitrogens is 1. The van der Waals surface area contributed by atoms with Gasteiger partial charge in [-0.05, 0) is 51.1 Å². The van der Waals surface area contributed by atoms with Gasteiger partial charge in [0.1, 0.15) is 31.1 Å². The summed E-state index contributed by atoms with van der Waals surface area (Å²) in [5, 5.41) is 12.9. The van der Waals surface area contributed by atoms with Gasteiger partial charge in [0.25, 0.3) is 5.91 Å². The quantitative estimate of drug-likeness (QED) is 0.520. The number of aromatic carboxylic acids is 1. The number of nitrogens with one attached hydrogen (secondary N) is 1. The maximum atomic E-state index is 12.8. The number of hydrogen-bond acceptors (Lipinski definition) is 7. The van der Waals surface area contributed by atoms with E-state index >= 15 is 0 Å². The highest BCUT2D eigenvalue weighted by Crippen LogP contribution is 2.34. The van der Waals surface area contributed by atoms with Gasteiger partial charge in [-0.2, -0.15) is 0 Å². The molecule has 1 aliphatic heterocycles. The molecule has 0 radical (unpaired) electrons. The summed E-state index contributed by atoms with van der Waals surface area (Å²) < 4.78 is 17.0. The maximum Gasteiger partial charge on any atom is 0.339 e. The van der Waals surface area contributed by atoms with Crippen LogP contribution in [-0.2, 0) is 0 Å². The molecule has 0 spiro atoms. The van der Waals surface area contributed by atoms with Crippen LogP contribution in [0, 0.1) is 6.92 Å². The zero-order valence-electron chi connectivity index (χ0n) is 18.6. The Morgan fingerprint density at radius 1 is 1.18 bits per heavy atom. The van der Waals surface area contributed by atoms with E-state index in [9.17, 15) is 14.7 Å². The normalized spacial score (nSPS) is 12.9. The molecule has 2 aromatic carbocycles. The highest BCUT2D eigenvalue weighted by atomic mass is 16.6. The molecule has 0 saturated heterocycles. The Morgan fingerprint density at radius 3 is 2.64 bits per heavy atom. The molecule has 2 heterocycles. The molecule has 0 bridgehead atoms. The van der Waals surface area contributed by atoms with Gasteiger partial charge in [0.05, 0.1) is 27.8 Å². The molecule has 0 unspecified atom stereocenters. The number of fused-ring (bicyclic) bond motifs is 2. The lowest BCUT2D eigenvalue weighted by Crippen LogP contribution is -2.47. The van der Waals surface area contributed by atoms with Gasteiger partial charge < -0.3 is 30.4 Å². The number of pyridine rings is 1.